The first-order valence-corrected chi connectivity index (χ1v) is 4.97. The average molecular weight is 220 g/mol. The first-order valence-electron chi connectivity index (χ1n) is 4.97. The van der Waals surface area contributed by atoms with Crippen molar-refractivity contribution in [3.63, 3.8) is 0 Å². The lowest BCUT2D eigenvalue weighted by molar-refractivity contribution is 0.425. The molecule has 6 nitrogen and oxygen atoms in total. The van der Waals surface area contributed by atoms with Crippen molar-refractivity contribution in [2.45, 2.75) is 0 Å². The van der Waals surface area contributed by atoms with Crippen molar-refractivity contribution in [3.8, 4) is 6.19 Å². The minimum Gasteiger partial charge on any atom is -0.369 e. The Morgan fingerprint density at radius 2 is 2.12 bits per heavy atom. The Balaban J connectivity index is 2.58. The van der Waals surface area contributed by atoms with Gasteiger partial charge in [-0.2, -0.15) is 5.26 Å². The van der Waals surface area contributed by atoms with Crippen LogP contribution in [0.15, 0.2) is 12.4 Å². The zero-order valence-electron chi connectivity index (χ0n) is 9.80. The quantitative estimate of drug-likeness (QED) is 0.571. The molecule has 6 heteroatoms. The molecule has 0 fully saturated rings. The molecule has 0 aliphatic rings. The first-order chi connectivity index (χ1) is 7.63. The fourth-order valence-corrected chi connectivity index (χ4v) is 1.09. The van der Waals surface area contributed by atoms with E-state index in [1.807, 2.05) is 20.3 Å². The Labute approximate surface area is 95.5 Å². The van der Waals surface area contributed by atoms with Gasteiger partial charge < -0.3 is 10.2 Å². The molecule has 1 N–H and O–H groups in total. The van der Waals surface area contributed by atoms with Crippen LogP contribution in [0.1, 0.15) is 0 Å². The zero-order chi connectivity index (χ0) is 12.0. The Morgan fingerprint density at radius 3 is 2.75 bits per heavy atom. The molecule has 1 aromatic rings. The normalized spacial score (nSPS) is 9.94. The number of likely N-dealkylation sites (N-methyl/N-ethyl adjacent to an activating group) is 1. The highest BCUT2D eigenvalue weighted by Gasteiger charge is 2.02. The van der Waals surface area contributed by atoms with Crippen LogP contribution in [0, 0.1) is 11.5 Å². The number of aromatic nitrogens is 2. The third-order valence-corrected chi connectivity index (χ3v) is 2.01. The lowest BCUT2D eigenvalue weighted by Crippen LogP contribution is -2.21. The first kappa shape index (κ1) is 12.2. The molecule has 0 saturated heterocycles. The third-order valence-electron chi connectivity index (χ3n) is 2.01. The summed E-state index contributed by atoms with van der Waals surface area (Å²) in [5.41, 5.74) is 0. The molecule has 0 saturated carbocycles. The maximum Gasteiger partial charge on any atom is 0.185 e. The van der Waals surface area contributed by atoms with E-state index in [4.69, 9.17) is 5.26 Å². The predicted octanol–water partition coefficient (Wildman–Crippen LogP) is 0.367. The summed E-state index contributed by atoms with van der Waals surface area (Å²) in [4.78, 5) is 11.5. The summed E-state index contributed by atoms with van der Waals surface area (Å²) in [5, 5.41) is 11.9. The molecule has 0 unspecified atom stereocenters. The van der Waals surface area contributed by atoms with Gasteiger partial charge in [0.25, 0.3) is 0 Å². The van der Waals surface area contributed by atoms with Gasteiger partial charge in [0, 0.05) is 26.2 Å². The molecule has 86 valence electrons. The Kier molecular flexibility index (Phi) is 4.48. The second kappa shape index (κ2) is 5.88. The molecular weight excluding hydrogens is 204 g/mol. The van der Waals surface area contributed by atoms with Gasteiger partial charge in [-0.15, -0.1) is 0 Å². The van der Waals surface area contributed by atoms with Gasteiger partial charge in [-0.25, -0.2) is 9.97 Å². The summed E-state index contributed by atoms with van der Waals surface area (Å²) in [7, 11) is 5.68. The van der Waals surface area contributed by atoms with Crippen LogP contribution in [0.25, 0.3) is 0 Å². The van der Waals surface area contributed by atoms with Crippen molar-refractivity contribution in [2.75, 3.05) is 44.4 Å². The van der Waals surface area contributed by atoms with Crippen LogP contribution in [0.5, 0.6) is 0 Å². The molecule has 0 spiro atoms. The number of nitrogens with zero attached hydrogens (tertiary/aromatic N) is 5. The van der Waals surface area contributed by atoms with Crippen molar-refractivity contribution in [3.05, 3.63) is 12.4 Å². The highest BCUT2D eigenvalue weighted by Crippen LogP contribution is 2.11. The van der Waals surface area contributed by atoms with Gasteiger partial charge in [-0.05, 0) is 14.1 Å². The van der Waals surface area contributed by atoms with Crippen LogP contribution < -0.4 is 10.2 Å². The summed E-state index contributed by atoms with van der Waals surface area (Å²) in [6, 6.07) is 1.75. The van der Waals surface area contributed by atoms with Gasteiger partial charge in [-0.1, -0.05) is 0 Å². The number of rotatable bonds is 5. The molecule has 16 heavy (non-hydrogen) atoms. The predicted molar refractivity (Wildman–Crippen MR) is 63.1 cm³/mol. The van der Waals surface area contributed by atoms with Gasteiger partial charge in [0.05, 0.1) is 0 Å². The van der Waals surface area contributed by atoms with Gasteiger partial charge in [0.2, 0.25) is 0 Å². The number of anilines is 2. The molecule has 0 radical (unpaired) electrons. The lowest BCUT2D eigenvalue weighted by Gasteiger charge is -2.12. The smallest absolute Gasteiger partial charge is 0.185 e. The minimum absolute atomic E-state index is 0.588. The molecule has 0 aromatic carbocycles. The second-order valence-electron chi connectivity index (χ2n) is 3.65. The average Bonchev–Trinajstić information content (AvgIpc) is 2.28. The number of nitriles is 1. The summed E-state index contributed by atoms with van der Waals surface area (Å²) in [6.07, 6.45) is 3.44. The van der Waals surface area contributed by atoms with Crippen molar-refractivity contribution < 1.29 is 0 Å². The molecule has 0 bridgehead atoms. The maximum absolute atomic E-state index is 8.72. The van der Waals surface area contributed by atoms with Crippen LogP contribution in [0.2, 0.25) is 0 Å². The van der Waals surface area contributed by atoms with Gasteiger partial charge >= 0.3 is 0 Å². The van der Waals surface area contributed by atoms with Gasteiger partial charge in [-0.3, -0.25) is 4.90 Å². The van der Waals surface area contributed by atoms with E-state index in [1.165, 1.54) is 11.2 Å². The highest BCUT2D eigenvalue weighted by molar-refractivity contribution is 5.50. The number of nitrogens with one attached hydrogen (secondary N) is 1. The van der Waals surface area contributed by atoms with Crippen molar-refractivity contribution in [1.82, 2.24) is 14.9 Å². The van der Waals surface area contributed by atoms with Crippen LogP contribution in [0.3, 0.4) is 0 Å². The fourth-order valence-electron chi connectivity index (χ4n) is 1.09. The third kappa shape index (κ3) is 3.71. The zero-order valence-corrected chi connectivity index (χ0v) is 9.80. The summed E-state index contributed by atoms with van der Waals surface area (Å²) in [6.45, 7) is 1.73. The molecule has 0 aliphatic heterocycles. The van der Waals surface area contributed by atoms with E-state index in [1.54, 1.807) is 13.1 Å². The SMILES string of the molecule is CN(C)CCNc1cc(N(C)C#N)ncn1. The van der Waals surface area contributed by atoms with Crippen molar-refractivity contribution in [1.29, 1.82) is 5.26 Å². The Morgan fingerprint density at radius 1 is 1.38 bits per heavy atom. The molecule has 1 aromatic heterocycles. The Hall–Kier alpha value is -1.87. The van der Waals surface area contributed by atoms with Crippen molar-refractivity contribution in [2.24, 2.45) is 0 Å². The molecule has 0 amide bonds. The number of hydrogen-bond acceptors (Lipinski definition) is 6. The van der Waals surface area contributed by atoms with E-state index in [2.05, 4.69) is 20.2 Å². The molecule has 1 heterocycles. The van der Waals surface area contributed by atoms with Crippen LogP contribution in [-0.4, -0.2) is 49.1 Å². The number of hydrogen-bond donors (Lipinski definition) is 1. The van der Waals surface area contributed by atoms with E-state index in [9.17, 15) is 0 Å². The van der Waals surface area contributed by atoms with Crippen LogP contribution >= 0.6 is 0 Å². The topological polar surface area (TPSA) is 68.1 Å². The minimum atomic E-state index is 0.588. The van der Waals surface area contributed by atoms with E-state index >= 15 is 0 Å². The van der Waals surface area contributed by atoms with Crippen molar-refractivity contribution >= 4 is 11.6 Å². The van der Waals surface area contributed by atoms with Crippen LogP contribution in [-0.2, 0) is 0 Å². The van der Waals surface area contributed by atoms with Gasteiger partial charge in [0.1, 0.15) is 18.0 Å². The molecule has 0 atom stereocenters. The summed E-state index contributed by atoms with van der Waals surface area (Å²) < 4.78 is 0. The standard InChI is InChI=1S/C10H16N6/c1-15(2)5-4-12-9-6-10(14-8-13-9)16(3)7-11/h6,8H,4-5H2,1-3H3,(H,12,13,14). The largest absolute Gasteiger partial charge is 0.369 e. The molecule has 0 aliphatic carbocycles. The molecule has 1 rings (SSSR count). The highest BCUT2D eigenvalue weighted by atomic mass is 15.2. The summed E-state index contributed by atoms with van der Waals surface area (Å²) >= 11 is 0. The monoisotopic (exact) mass is 220 g/mol. The van der Waals surface area contributed by atoms with Crippen LogP contribution in [0.4, 0.5) is 11.6 Å². The molecular formula is C10H16N6. The fraction of sp³-hybridized carbons (Fsp3) is 0.500. The second-order valence-corrected chi connectivity index (χ2v) is 3.65. The van der Waals surface area contributed by atoms with E-state index in [0.29, 0.717) is 5.82 Å². The lowest BCUT2D eigenvalue weighted by atomic mass is 10.4. The maximum atomic E-state index is 8.72. The van der Waals surface area contributed by atoms with E-state index in [0.717, 1.165) is 18.9 Å². The summed E-state index contributed by atoms with van der Waals surface area (Å²) in [5.74, 6) is 1.32. The van der Waals surface area contributed by atoms with Gasteiger partial charge in [0.15, 0.2) is 6.19 Å². The Bertz CT molecular complexity index is 370. The van der Waals surface area contributed by atoms with E-state index < -0.39 is 0 Å². The van der Waals surface area contributed by atoms with E-state index in [-0.39, 0.29) is 0 Å².